The Balaban J connectivity index is 1.33. The highest BCUT2D eigenvalue weighted by atomic mass is 16.5. The number of morpholine rings is 1. The Labute approximate surface area is 245 Å². The van der Waals surface area contributed by atoms with Crippen molar-refractivity contribution in [1.82, 2.24) is 14.9 Å². The van der Waals surface area contributed by atoms with Gasteiger partial charge in [0, 0.05) is 42.8 Å². The van der Waals surface area contributed by atoms with E-state index in [1.54, 1.807) is 7.11 Å². The Kier molecular flexibility index (Phi) is 9.81. The molecular formula is C32H35N5O5. The van der Waals surface area contributed by atoms with Gasteiger partial charge in [-0.05, 0) is 36.3 Å². The molecule has 0 unspecified atom stereocenters. The molecule has 0 aliphatic carbocycles. The standard InChI is InChI=1S/C32H35N5O5/c1-3-31(38)36-27-19-25-26(20-29(27)41-15-7-12-37-13-16-40-17-14-37)33-22-34-32(25)35-24-10-11-28(30(18-24)39-2)42-21-23-8-5-4-6-9-23/h3-6,8-11,18-20,22H,1,7,12-17,21H2,2H3,(H,36,38)(H,33,34,35). The molecule has 1 aliphatic rings. The number of fused-ring (bicyclic) bond motifs is 1. The number of amides is 1. The maximum Gasteiger partial charge on any atom is 0.247 e. The molecule has 42 heavy (non-hydrogen) atoms. The maximum absolute atomic E-state index is 12.3. The van der Waals surface area contributed by atoms with Gasteiger partial charge in [0.2, 0.25) is 5.91 Å². The third kappa shape index (κ3) is 7.54. The van der Waals surface area contributed by atoms with Gasteiger partial charge >= 0.3 is 0 Å². The molecule has 10 nitrogen and oxygen atoms in total. The summed E-state index contributed by atoms with van der Waals surface area (Å²) in [4.78, 5) is 23.5. The van der Waals surface area contributed by atoms with E-state index >= 15 is 0 Å². The van der Waals surface area contributed by atoms with Crippen LogP contribution in [0.2, 0.25) is 0 Å². The predicted octanol–water partition coefficient (Wildman–Crippen LogP) is 5.19. The van der Waals surface area contributed by atoms with E-state index in [0.717, 1.165) is 50.5 Å². The number of benzene rings is 3. The van der Waals surface area contributed by atoms with Crippen molar-refractivity contribution in [1.29, 1.82) is 0 Å². The molecule has 5 rings (SSSR count). The van der Waals surface area contributed by atoms with E-state index < -0.39 is 0 Å². The summed E-state index contributed by atoms with van der Waals surface area (Å²) in [6, 6.07) is 19.2. The summed E-state index contributed by atoms with van der Waals surface area (Å²) >= 11 is 0. The highest BCUT2D eigenvalue weighted by Crippen LogP contribution is 2.36. The number of nitrogens with zero attached hydrogens (tertiary/aromatic N) is 3. The second-order valence-corrected chi connectivity index (χ2v) is 9.70. The summed E-state index contributed by atoms with van der Waals surface area (Å²) in [6.07, 6.45) is 3.56. The van der Waals surface area contributed by atoms with Crippen LogP contribution in [0.4, 0.5) is 17.2 Å². The first-order valence-corrected chi connectivity index (χ1v) is 13.9. The fourth-order valence-corrected chi connectivity index (χ4v) is 4.62. The highest BCUT2D eigenvalue weighted by Gasteiger charge is 2.15. The first kappa shape index (κ1) is 28.8. The molecule has 3 aromatic carbocycles. The number of methoxy groups -OCH3 is 1. The molecule has 1 aliphatic heterocycles. The monoisotopic (exact) mass is 569 g/mol. The van der Waals surface area contributed by atoms with Gasteiger partial charge in [0.15, 0.2) is 11.5 Å². The van der Waals surface area contributed by atoms with Crippen molar-refractivity contribution in [3.05, 3.63) is 85.2 Å². The minimum absolute atomic E-state index is 0.338. The van der Waals surface area contributed by atoms with E-state index in [-0.39, 0.29) is 5.91 Å². The molecule has 2 heterocycles. The van der Waals surface area contributed by atoms with Crippen LogP contribution >= 0.6 is 0 Å². The van der Waals surface area contributed by atoms with Crippen LogP contribution in [-0.4, -0.2) is 67.3 Å². The van der Waals surface area contributed by atoms with Crippen LogP contribution in [-0.2, 0) is 16.1 Å². The predicted molar refractivity (Wildman–Crippen MR) is 163 cm³/mol. The second-order valence-electron chi connectivity index (χ2n) is 9.70. The van der Waals surface area contributed by atoms with Gasteiger partial charge in [0.1, 0.15) is 24.5 Å². The Morgan fingerprint density at radius 2 is 1.86 bits per heavy atom. The third-order valence-electron chi connectivity index (χ3n) is 6.82. The molecule has 0 radical (unpaired) electrons. The van der Waals surface area contributed by atoms with Crippen LogP contribution in [0.3, 0.4) is 0 Å². The summed E-state index contributed by atoms with van der Waals surface area (Å²) in [5, 5.41) is 6.92. The zero-order valence-electron chi connectivity index (χ0n) is 23.7. The highest BCUT2D eigenvalue weighted by molar-refractivity contribution is 6.03. The molecule has 1 aromatic heterocycles. The fourth-order valence-electron chi connectivity index (χ4n) is 4.62. The Morgan fingerprint density at radius 3 is 2.64 bits per heavy atom. The molecule has 0 spiro atoms. The summed E-state index contributed by atoms with van der Waals surface area (Å²) in [5.74, 6) is 1.97. The van der Waals surface area contributed by atoms with Gasteiger partial charge in [-0.25, -0.2) is 9.97 Å². The largest absolute Gasteiger partial charge is 0.493 e. The van der Waals surface area contributed by atoms with Crippen molar-refractivity contribution in [2.45, 2.75) is 13.0 Å². The van der Waals surface area contributed by atoms with Crippen LogP contribution in [0.1, 0.15) is 12.0 Å². The normalized spacial score (nSPS) is 13.4. The van der Waals surface area contributed by atoms with Crippen molar-refractivity contribution < 1.29 is 23.7 Å². The van der Waals surface area contributed by atoms with E-state index in [1.807, 2.05) is 60.7 Å². The van der Waals surface area contributed by atoms with Crippen LogP contribution in [0.15, 0.2) is 79.6 Å². The number of aromatic nitrogens is 2. The number of ether oxygens (including phenoxy) is 4. The van der Waals surface area contributed by atoms with E-state index in [9.17, 15) is 4.79 Å². The quantitative estimate of drug-likeness (QED) is 0.166. The van der Waals surface area contributed by atoms with Gasteiger partial charge in [0.05, 0.1) is 38.1 Å². The fraction of sp³-hybridized carbons (Fsp3) is 0.281. The van der Waals surface area contributed by atoms with Crippen LogP contribution in [0.25, 0.3) is 10.9 Å². The van der Waals surface area contributed by atoms with Gasteiger partial charge in [-0.1, -0.05) is 36.9 Å². The topological polar surface area (TPSA) is 107 Å². The SMILES string of the molecule is C=CC(=O)Nc1cc2c(Nc3ccc(OCc4ccccc4)c(OC)c3)ncnc2cc1OCCCN1CCOCC1. The Morgan fingerprint density at radius 1 is 1.02 bits per heavy atom. The van der Waals surface area contributed by atoms with Crippen molar-refractivity contribution in [3.63, 3.8) is 0 Å². The summed E-state index contributed by atoms with van der Waals surface area (Å²) in [6.45, 7) is 8.80. The summed E-state index contributed by atoms with van der Waals surface area (Å²) in [7, 11) is 1.60. The third-order valence-corrected chi connectivity index (χ3v) is 6.82. The lowest BCUT2D eigenvalue weighted by molar-refractivity contribution is -0.111. The molecule has 2 N–H and O–H groups in total. The van der Waals surface area contributed by atoms with Crippen molar-refractivity contribution in [2.75, 3.05) is 57.2 Å². The molecule has 4 aromatic rings. The molecule has 0 saturated carbocycles. The molecule has 0 atom stereocenters. The molecule has 1 amide bonds. The Hall–Kier alpha value is -4.67. The molecule has 1 saturated heterocycles. The smallest absolute Gasteiger partial charge is 0.247 e. The number of anilines is 3. The second kappa shape index (κ2) is 14.3. The van der Waals surface area contributed by atoms with Gasteiger partial charge in [-0.15, -0.1) is 0 Å². The van der Waals surface area contributed by atoms with Gasteiger partial charge < -0.3 is 29.6 Å². The van der Waals surface area contributed by atoms with Gasteiger partial charge in [0.25, 0.3) is 0 Å². The first-order chi connectivity index (χ1) is 20.6. The first-order valence-electron chi connectivity index (χ1n) is 13.9. The van der Waals surface area contributed by atoms with E-state index in [2.05, 4.69) is 32.1 Å². The Bertz CT molecular complexity index is 1510. The molecule has 218 valence electrons. The summed E-state index contributed by atoms with van der Waals surface area (Å²) in [5.41, 5.74) is 2.99. The van der Waals surface area contributed by atoms with Crippen LogP contribution < -0.4 is 24.8 Å². The van der Waals surface area contributed by atoms with Crippen molar-refractivity contribution in [3.8, 4) is 17.2 Å². The van der Waals surface area contributed by atoms with E-state index in [4.69, 9.17) is 18.9 Å². The van der Waals surface area contributed by atoms with E-state index in [1.165, 1.54) is 12.4 Å². The van der Waals surface area contributed by atoms with Crippen molar-refractivity contribution in [2.24, 2.45) is 0 Å². The number of rotatable bonds is 13. The van der Waals surface area contributed by atoms with Crippen LogP contribution in [0, 0.1) is 0 Å². The van der Waals surface area contributed by atoms with Crippen LogP contribution in [0.5, 0.6) is 17.2 Å². The molecule has 10 heteroatoms. The average Bonchev–Trinajstić information content (AvgIpc) is 3.03. The molecular weight excluding hydrogens is 534 g/mol. The zero-order chi connectivity index (χ0) is 29.1. The zero-order valence-corrected chi connectivity index (χ0v) is 23.7. The number of carbonyl (C=O) groups excluding carboxylic acids is 1. The molecule has 1 fully saturated rings. The lowest BCUT2D eigenvalue weighted by Crippen LogP contribution is -2.37. The lowest BCUT2D eigenvalue weighted by Gasteiger charge is -2.26. The van der Waals surface area contributed by atoms with Gasteiger partial charge in [-0.2, -0.15) is 0 Å². The number of hydrogen-bond donors (Lipinski definition) is 2. The summed E-state index contributed by atoms with van der Waals surface area (Å²) < 4.78 is 23.1. The number of nitrogens with one attached hydrogen (secondary N) is 2. The van der Waals surface area contributed by atoms with E-state index in [0.29, 0.717) is 52.9 Å². The lowest BCUT2D eigenvalue weighted by atomic mass is 10.1. The maximum atomic E-state index is 12.3. The number of hydrogen-bond acceptors (Lipinski definition) is 9. The average molecular weight is 570 g/mol. The molecule has 0 bridgehead atoms. The van der Waals surface area contributed by atoms with Crippen molar-refractivity contribution >= 4 is 34.0 Å². The van der Waals surface area contributed by atoms with Gasteiger partial charge in [-0.3, -0.25) is 9.69 Å². The number of carbonyl (C=O) groups is 1. The minimum Gasteiger partial charge on any atom is -0.493 e. The minimum atomic E-state index is -0.338.